The van der Waals surface area contributed by atoms with Crippen LogP contribution in [0.25, 0.3) is 10.8 Å². The van der Waals surface area contributed by atoms with Crippen molar-refractivity contribution in [2.75, 3.05) is 7.11 Å². The summed E-state index contributed by atoms with van der Waals surface area (Å²) in [6.07, 6.45) is 4.89. The van der Waals surface area contributed by atoms with Crippen LogP contribution in [0.4, 0.5) is 8.78 Å². The largest absolute Gasteiger partial charge is 0.493 e. The van der Waals surface area contributed by atoms with Crippen molar-refractivity contribution in [1.82, 2.24) is 4.98 Å². The summed E-state index contributed by atoms with van der Waals surface area (Å²) in [6.45, 7) is 1.99. The summed E-state index contributed by atoms with van der Waals surface area (Å²) in [4.78, 5) is 14.7. The Bertz CT molecular complexity index is 1150. The van der Waals surface area contributed by atoms with Gasteiger partial charge in [-0.15, -0.1) is 0 Å². The van der Waals surface area contributed by atoms with Crippen LogP contribution < -0.4 is 20.8 Å². The maximum absolute atomic E-state index is 14.0. The van der Waals surface area contributed by atoms with Crippen molar-refractivity contribution in [3.63, 3.8) is 0 Å². The summed E-state index contributed by atoms with van der Waals surface area (Å²) in [5.74, 6) is -0.114. The lowest BCUT2D eigenvalue weighted by molar-refractivity contribution is 0.101. The monoisotopic (exact) mass is 442 g/mol. The van der Waals surface area contributed by atoms with Crippen LogP contribution >= 0.6 is 0 Å². The molecule has 0 unspecified atom stereocenters. The van der Waals surface area contributed by atoms with E-state index in [-0.39, 0.29) is 17.7 Å². The molecule has 1 fully saturated rings. The van der Waals surface area contributed by atoms with Gasteiger partial charge in [0.2, 0.25) is 0 Å². The van der Waals surface area contributed by atoms with Crippen molar-refractivity contribution in [3.8, 4) is 11.5 Å². The zero-order chi connectivity index (χ0) is 22.9. The molecular weight excluding hydrogens is 414 g/mol. The number of pyridine rings is 1. The molecule has 1 aromatic heterocycles. The normalized spacial score (nSPS) is 22.0. The number of aromatic amines is 1. The van der Waals surface area contributed by atoms with Crippen LogP contribution in [0, 0.1) is 11.6 Å². The van der Waals surface area contributed by atoms with Crippen LogP contribution in [-0.2, 0) is 5.41 Å². The quantitative estimate of drug-likeness (QED) is 0.574. The van der Waals surface area contributed by atoms with Crippen LogP contribution in [0.2, 0.25) is 0 Å². The second-order valence-electron chi connectivity index (χ2n) is 8.54. The number of hydrogen-bond acceptors (Lipinski definition) is 4. The van der Waals surface area contributed by atoms with Crippen LogP contribution in [0.5, 0.6) is 11.5 Å². The highest BCUT2D eigenvalue weighted by atomic mass is 19.1. The minimum Gasteiger partial charge on any atom is -0.493 e. The minimum atomic E-state index is -0.586. The molecule has 32 heavy (non-hydrogen) atoms. The SMILES string of the molecule is CC[C@@H](N)C1(c2cc(F)cc(F)c2)CCC(Oc2cc3cc[nH]c(=O)c3cc2OC)CC1. The molecule has 4 rings (SSSR count). The summed E-state index contributed by atoms with van der Waals surface area (Å²) < 4.78 is 39.7. The van der Waals surface area contributed by atoms with Crippen molar-refractivity contribution < 1.29 is 18.3 Å². The Morgan fingerprint density at radius 1 is 1.12 bits per heavy atom. The van der Waals surface area contributed by atoms with Crippen molar-refractivity contribution in [3.05, 3.63) is 70.1 Å². The van der Waals surface area contributed by atoms with E-state index in [4.69, 9.17) is 15.2 Å². The van der Waals surface area contributed by atoms with E-state index in [2.05, 4.69) is 4.98 Å². The average Bonchev–Trinajstić information content (AvgIpc) is 2.78. The van der Waals surface area contributed by atoms with Gasteiger partial charge in [-0.25, -0.2) is 8.78 Å². The summed E-state index contributed by atoms with van der Waals surface area (Å²) in [6, 6.07) is 8.79. The molecule has 1 heterocycles. The summed E-state index contributed by atoms with van der Waals surface area (Å²) in [5, 5.41) is 1.29. The molecule has 0 radical (unpaired) electrons. The predicted octanol–water partition coefficient (Wildman–Crippen LogP) is 4.81. The third kappa shape index (κ3) is 4.09. The molecule has 0 aliphatic heterocycles. The minimum absolute atomic E-state index is 0.0982. The number of rotatable bonds is 6. The fourth-order valence-electron chi connectivity index (χ4n) is 4.96. The zero-order valence-corrected chi connectivity index (χ0v) is 18.3. The van der Waals surface area contributed by atoms with Gasteiger partial charge in [-0.05, 0) is 73.4 Å². The third-order valence-electron chi connectivity index (χ3n) is 6.76. The number of aromatic nitrogens is 1. The number of fused-ring (bicyclic) bond motifs is 1. The summed E-state index contributed by atoms with van der Waals surface area (Å²) in [5.41, 5.74) is 6.42. The smallest absolute Gasteiger partial charge is 0.255 e. The van der Waals surface area contributed by atoms with Crippen molar-refractivity contribution >= 4 is 10.8 Å². The highest BCUT2D eigenvalue weighted by Gasteiger charge is 2.42. The fraction of sp³-hybridized carbons (Fsp3) is 0.400. The molecule has 7 heteroatoms. The van der Waals surface area contributed by atoms with Gasteiger partial charge in [-0.3, -0.25) is 4.79 Å². The van der Waals surface area contributed by atoms with Crippen molar-refractivity contribution in [2.45, 2.75) is 56.6 Å². The molecule has 0 bridgehead atoms. The number of nitrogens with two attached hydrogens (primary N) is 1. The first-order valence-corrected chi connectivity index (χ1v) is 10.9. The number of H-pyrrole nitrogens is 1. The predicted molar refractivity (Wildman–Crippen MR) is 120 cm³/mol. The van der Waals surface area contributed by atoms with Gasteiger partial charge in [0.25, 0.3) is 5.56 Å². The second-order valence-corrected chi connectivity index (χ2v) is 8.54. The van der Waals surface area contributed by atoms with Crippen molar-refractivity contribution in [1.29, 1.82) is 0 Å². The number of halogens is 2. The number of ether oxygens (including phenoxy) is 2. The molecule has 170 valence electrons. The molecule has 0 spiro atoms. The van der Waals surface area contributed by atoms with Crippen LogP contribution in [-0.4, -0.2) is 24.2 Å². The Hall–Kier alpha value is -2.93. The first-order chi connectivity index (χ1) is 15.4. The van der Waals surface area contributed by atoms with E-state index in [1.54, 1.807) is 12.3 Å². The molecule has 0 amide bonds. The number of methoxy groups -OCH3 is 1. The van der Waals surface area contributed by atoms with Gasteiger partial charge in [0.15, 0.2) is 11.5 Å². The molecule has 3 N–H and O–H groups in total. The van der Waals surface area contributed by atoms with Gasteiger partial charge in [0.1, 0.15) is 11.6 Å². The van der Waals surface area contributed by atoms with E-state index < -0.39 is 17.0 Å². The average molecular weight is 443 g/mol. The van der Waals surface area contributed by atoms with Gasteiger partial charge in [0.05, 0.1) is 18.6 Å². The highest BCUT2D eigenvalue weighted by molar-refractivity contribution is 5.85. The highest BCUT2D eigenvalue weighted by Crippen LogP contribution is 2.44. The first kappa shape index (κ1) is 22.3. The maximum atomic E-state index is 14.0. The Labute approximate surface area is 185 Å². The molecular formula is C25H28F2N2O3. The molecule has 1 aliphatic carbocycles. The van der Waals surface area contributed by atoms with E-state index in [9.17, 15) is 13.6 Å². The van der Waals surface area contributed by atoms with E-state index in [1.807, 2.05) is 19.1 Å². The Morgan fingerprint density at radius 3 is 2.44 bits per heavy atom. The molecule has 3 aromatic rings. The van der Waals surface area contributed by atoms with Crippen LogP contribution in [0.1, 0.15) is 44.6 Å². The van der Waals surface area contributed by atoms with Gasteiger partial charge in [-0.1, -0.05) is 6.92 Å². The number of benzene rings is 2. The summed E-state index contributed by atoms with van der Waals surface area (Å²) in [7, 11) is 1.54. The molecule has 0 saturated heterocycles. The number of nitrogens with one attached hydrogen (secondary N) is 1. The van der Waals surface area contributed by atoms with Gasteiger partial charge >= 0.3 is 0 Å². The van der Waals surface area contributed by atoms with Crippen molar-refractivity contribution in [2.24, 2.45) is 5.73 Å². The van der Waals surface area contributed by atoms with Gasteiger partial charge in [-0.2, -0.15) is 0 Å². The Morgan fingerprint density at radius 2 is 1.81 bits per heavy atom. The third-order valence-corrected chi connectivity index (χ3v) is 6.76. The summed E-state index contributed by atoms with van der Waals surface area (Å²) >= 11 is 0. The second kappa shape index (κ2) is 8.90. The maximum Gasteiger partial charge on any atom is 0.255 e. The van der Waals surface area contributed by atoms with Gasteiger partial charge in [0, 0.05) is 23.7 Å². The lowest BCUT2D eigenvalue weighted by atomic mass is 9.64. The zero-order valence-electron chi connectivity index (χ0n) is 18.3. The molecule has 5 nitrogen and oxygen atoms in total. The van der Waals surface area contributed by atoms with E-state index in [0.29, 0.717) is 54.6 Å². The van der Waals surface area contributed by atoms with Crippen LogP contribution in [0.15, 0.2) is 47.4 Å². The topological polar surface area (TPSA) is 77.3 Å². The molecule has 2 aromatic carbocycles. The number of hydrogen-bond donors (Lipinski definition) is 2. The van der Waals surface area contributed by atoms with E-state index in [0.717, 1.165) is 11.5 Å². The molecule has 1 saturated carbocycles. The molecule has 1 atom stereocenters. The lowest BCUT2D eigenvalue weighted by Crippen LogP contribution is -2.49. The first-order valence-electron chi connectivity index (χ1n) is 10.9. The Kier molecular flexibility index (Phi) is 6.20. The van der Waals surface area contributed by atoms with Gasteiger partial charge < -0.3 is 20.2 Å². The fourth-order valence-corrected chi connectivity index (χ4v) is 4.96. The Balaban J connectivity index is 1.59. The van der Waals surface area contributed by atoms with Crippen LogP contribution in [0.3, 0.4) is 0 Å². The standard InChI is InChI=1S/C25H28F2N2O3/c1-3-23(28)25(16-11-17(26)13-18(27)12-16)7-4-19(5-8-25)32-22-10-15-6-9-29-24(30)20(15)14-21(22)31-2/h6,9-14,19,23H,3-5,7-8,28H2,1-2H3,(H,29,30)/t19?,23-,25?/m1/s1. The van der Waals surface area contributed by atoms with E-state index >= 15 is 0 Å². The lowest BCUT2D eigenvalue weighted by Gasteiger charge is -2.44. The molecule has 1 aliphatic rings. The van der Waals surface area contributed by atoms with E-state index in [1.165, 1.54) is 19.2 Å².